The molecule has 1 N–H and O–H groups in total. The van der Waals surface area contributed by atoms with Crippen LogP contribution in [0.3, 0.4) is 0 Å². The summed E-state index contributed by atoms with van der Waals surface area (Å²) < 4.78 is 2.20. The van der Waals surface area contributed by atoms with Crippen molar-refractivity contribution in [3.05, 3.63) is 0 Å². The number of rotatable bonds is 4. The first kappa shape index (κ1) is 14.6. The van der Waals surface area contributed by atoms with Gasteiger partial charge in [-0.3, -0.25) is 0 Å². The highest BCUT2D eigenvalue weighted by atomic mass is 32.2. The van der Waals surface area contributed by atoms with Crippen molar-refractivity contribution in [1.82, 2.24) is 15.5 Å². The molecule has 1 aromatic heterocycles. The molecule has 2 rings (SSSR count). The molecule has 2 atom stereocenters. The fourth-order valence-electron chi connectivity index (χ4n) is 2.38. The van der Waals surface area contributed by atoms with Gasteiger partial charge in [0.25, 0.3) is 0 Å². The molecule has 0 amide bonds. The normalized spacial score (nSPS) is 25.7. The molecule has 6 heteroatoms. The number of aromatic nitrogens is 2. The first-order valence-electron chi connectivity index (χ1n) is 6.55. The average molecular weight is 304 g/mol. The second kappa shape index (κ2) is 7.72. The summed E-state index contributed by atoms with van der Waals surface area (Å²) >= 11 is 5.33. The molecule has 0 radical (unpaired) electrons. The summed E-state index contributed by atoms with van der Waals surface area (Å²) in [5, 5.41) is 12.6. The Hall–Kier alpha value is 0.220. The number of thioether (sulfide) groups is 2. The van der Waals surface area contributed by atoms with Gasteiger partial charge in [-0.25, -0.2) is 0 Å². The zero-order valence-corrected chi connectivity index (χ0v) is 13.5. The van der Waals surface area contributed by atoms with Crippen LogP contribution in [0.2, 0.25) is 0 Å². The van der Waals surface area contributed by atoms with Gasteiger partial charge in [0.1, 0.15) is 0 Å². The van der Waals surface area contributed by atoms with Crippen LogP contribution in [0, 0.1) is 0 Å². The number of nitrogens with zero attached hydrogens (tertiary/aromatic N) is 2. The summed E-state index contributed by atoms with van der Waals surface area (Å²) in [5.41, 5.74) is 0. The maximum absolute atomic E-state index is 4.29. The third-order valence-corrected chi connectivity index (χ3v) is 6.77. The Morgan fingerprint density at radius 1 is 1.11 bits per heavy atom. The zero-order chi connectivity index (χ0) is 12.8. The van der Waals surface area contributed by atoms with E-state index in [0.29, 0.717) is 11.3 Å². The van der Waals surface area contributed by atoms with Crippen LogP contribution in [0.1, 0.15) is 38.5 Å². The molecule has 0 spiro atoms. The van der Waals surface area contributed by atoms with Gasteiger partial charge in [-0.2, -0.15) is 0 Å². The van der Waals surface area contributed by atoms with E-state index in [1.165, 1.54) is 38.5 Å². The van der Waals surface area contributed by atoms with Gasteiger partial charge in [-0.05, 0) is 26.1 Å². The fourth-order valence-corrected chi connectivity index (χ4v) is 5.41. The van der Waals surface area contributed by atoms with Crippen molar-refractivity contribution in [3.8, 4) is 0 Å². The highest BCUT2D eigenvalue weighted by Crippen LogP contribution is 2.35. The van der Waals surface area contributed by atoms with Crippen molar-refractivity contribution < 1.29 is 0 Å². The lowest BCUT2D eigenvalue weighted by atomic mass is 9.96. The van der Waals surface area contributed by atoms with Gasteiger partial charge in [-0.15, -0.1) is 10.2 Å². The van der Waals surface area contributed by atoms with Gasteiger partial charge < -0.3 is 5.32 Å². The first-order chi connectivity index (χ1) is 8.83. The Bertz CT molecular complexity index is 356. The first-order valence-corrected chi connectivity index (χ1v) is 9.47. The summed E-state index contributed by atoms with van der Waals surface area (Å²) in [6.45, 7) is 0. The minimum absolute atomic E-state index is 0.622. The second-order valence-corrected chi connectivity index (χ2v) is 8.10. The van der Waals surface area contributed by atoms with Crippen LogP contribution in [0.15, 0.2) is 8.68 Å². The number of hydrogen-bond donors (Lipinski definition) is 1. The van der Waals surface area contributed by atoms with E-state index in [4.69, 9.17) is 0 Å². The summed E-state index contributed by atoms with van der Waals surface area (Å²) in [7, 11) is 2.09. The van der Waals surface area contributed by atoms with Crippen LogP contribution in [0.4, 0.5) is 0 Å². The van der Waals surface area contributed by atoms with Gasteiger partial charge in [0.05, 0.1) is 0 Å². The Labute approximate surface area is 122 Å². The van der Waals surface area contributed by atoms with Crippen molar-refractivity contribution in [2.45, 2.75) is 58.5 Å². The molecule has 1 fully saturated rings. The topological polar surface area (TPSA) is 37.8 Å². The van der Waals surface area contributed by atoms with Crippen LogP contribution in [0.5, 0.6) is 0 Å². The van der Waals surface area contributed by atoms with E-state index < -0.39 is 0 Å². The van der Waals surface area contributed by atoms with E-state index in [1.54, 1.807) is 23.1 Å². The highest BCUT2D eigenvalue weighted by Gasteiger charge is 2.23. The largest absolute Gasteiger partial charge is 0.316 e. The van der Waals surface area contributed by atoms with Crippen molar-refractivity contribution in [3.63, 3.8) is 0 Å². The molecule has 1 aliphatic carbocycles. The van der Waals surface area contributed by atoms with Crippen LogP contribution in [0.25, 0.3) is 0 Å². The average Bonchev–Trinajstić information content (AvgIpc) is 2.81. The van der Waals surface area contributed by atoms with Gasteiger partial charge in [0, 0.05) is 11.3 Å². The molecule has 0 bridgehead atoms. The smallest absolute Gasteiger partial charge is 0.175 e. The van der Waals surface area contributed by atoms with E-state index in [-0.39, 0.29) is 0 Å². The Morgan fingerprint density at radius 3 is 2.50 bits per heavy atom. The minimum atomic E-state index is 0.622. The number of nitrogens with one attached hydrogen (secondary N) is 1. The maximum Gasteiger partial charge on any atom is 0.175 e. The zero-order valence-electron chi connectivity index (χ0n) is 11.0. The molecule has 102 valence electrons. The summed E-state index contributed by atoms with van der Waals surface area (Å²) in [6.07, 6.45) is 10.1. The summed E-state index contributed by atoms with van der Waals surface area (Å²) in [5.74, 6) is 0. The van der Waals surface area contributed by atoms with Crippen molar-refractivity contribution in [2.75, 3.05) is 13.3 Å². The van der Waals surface area contributed by atoms with Crippen LogP contribution in [-0.2, 0) is 0 Å². The molecular formula is C12H21N3S3. The summed E-state index contributed by atoms with van der Waals surface area (Å²) in [4.78, 5) is 0. The molecule has 0 aromatic carbocycles. The predicted octanol–water partition coefficient (Wildman–Crippen LogP) is 3.66. The predicted molar refractivity (Wildman–Crippen MR) is 81.9 cm³/mol. The molecule has 18 heavy (non-hydrogen) atoms. The molecule has 0 saturated heterocycles. The molecule has 1 saturated carbocycles. The molecule has 1 aromatic rings. The molecule has 1 heterocycles. The van der Waals surface area contributed by atoms with Gasteiger partial charge >= 0.3 is 0 Å². The number of hydrogen-bond acceptors (Lipinski definition) is 6. The Balaban J connectivity index is 1.98. The Kier molecular flexibility index (Phi) is 6.28. The van der Waals surface area contributed by atoms with E-state index in [0.717, 1.165) is 8.68 Å². The van der Waals surface area contributed by atoms with Crippen molar-refractivity contribution in [2.24, 2.45) is 0 Å². The van der Waals surface area contributed by atoms with Crippen molar-refractivity contribution in [1.29, 1.82) is 0 Å². The lowest BCUT2D eigenvalue weighted by Crippen LogP contribution is -2.36. The van der Waals surface area contributed by atoms with E-state index in [1.807, 2.05) is 11.8 Å². The minimum Gasteiger partial charge on any atom is -0.316 e. The van der Waals surface area contributed by atoms with E-state index in [2.05, 4.69) is 28.8 Å². The quantitative estimate of drug-likeness (QED) is 0.859. The molecule has 3 nitrogen and oxygen atoms in total. The standard InChI is InChI=1S/C12H21N3S3/c1-13-9-7-5-3-4-6-8-10(9)17-12-15-14-11(16-2)18-12/h9-10,13H,3-8H2,1-2H3. The fraction of sp³-hybridized carbons (Fsp3) is 0.833. The monoisotopic (exact) mass is 303 g/mol. The lowest BCUT2D eigenvalue weighted by molar-refractivity contribution is 0.420. The van der Waals surface area contributed by atoms with E-state index >= 15 is 0 Å². The summed E-state index contributed by atoms with van der Waals surface area (Å²) in [6, 6.07) is 0.622. The molecule has 0 aliphatic heterocycles. The van der Waals surface area contributed by atoms with E-state index in [9.17, 15) is 0 Å². The molecule has 2 unspecified atom stereocenters. The van der Waals surface area contributed by atoms with Crippen LogP contribution >= 0.6 is 34.9 Å². The van der Waals surface area contributed by atoms with Crippen molar-refractivity contribution >= 4 is 34.9 Å². The second-order valence-electron chi connectivity index (χ2n) is 4.58. The molecular weight excluding hydrogens is 282 g/mol. The third kappa shape index (κ3) is 4.11. The molecule has 1 aliphatic rings. The van der Waals surface area contributed by atoms with Gasteiger partial charge in [-0.1, -0.05) is 60.5 Å². The van der Waals surface area contributed by atoms with Gasteiger partial charge in [0.2, 0.25) is 0 Å². The highest BCUT2D eigenvalue weighted by molar-refractivity contribution is 8.03. The van der Waals surface area contributed by atoms with Crippen LogP contribution < -0.4 is 5.32 Å². The van der Waals surface area contributed by atoms with Gasteiger partial charge in [0.15, 0.2) is 8.68 Å². The van der Waals surface area contributed by atoms with Crippen LogP contribution in [-0.4, -0.2) is 34.8 Å². The maximum atomic E-state index is 4.29. The Morgan fingerprint density at radius 2 is 1.83 bits per heavy atom. The third-order valence-electron chi connectivity index (χ3n) is 3.39. The lowest BCUT2D eigenvalue weighted by Gasteiger charge is -2.27. The SMILES string of the molecule is CNC1CCCCCCC1Sc1nnc(SC)s1.